The smallest absolute Gasteiger partial charge is 0.273 e. The molecule has 0 saturated carbocycles. The molecule has 0 spiro atoms. The lowest BCUT2D eigenvalue weighted by atomic mass is 10.2. The van der Waals surface area contributed by atoms with Crippen LogP contribution in [0.3, 0.4) is 0 Å². The van der Waals surface area contributed by atoms with Gasteiger partial charge < -0.3 is 15.7 Å². The van der Waals surface area contributed by atoms with Gasteiger partial charge in [0.1, 0.15) is 0 Å². The minimum absolute atomic E-state index is 0.0472. The first-order valence-corrected chi connectivity index (χ1v) is 6.23. The highest BCUT2D eigenvalue weighted by Crippen LogP contribution is 2.33. The number of halogens is 1. The van der Waals surface area contributed by atoms with Crippen LogP contribution in [0.15, 0.2) is 40.1 Å². The number of nitrogens with zero attached hydrogens (tertiary/aromatic N) is 4. The summed E-state index contributed by atoms with van der Waals surface area (Å²) in [7, 11) is 0. The summed E-state index contributed by atoms with van der Waals surface area (Å²) in [5, 5.41) is 29.7. The minimum atomic E-state index is -0.555. The van der Waals surface area contributed by atoms with Crippen LogP contribution in [0.5, 0.6) is 11.6 Å². The van der Waals surface area contributed by atoms with Gasteiger partial charge in [-0.3, -0.25) is 10.1 Å². The maximum Gasteiger partial charge on any atom is 0.273 e. The van der Waals surface area contributed by atoms with Crippen molar-refractivity contribution in [1.82, 2.24) is 10.2 Å². The lowest BCUT2D eigenvalue weighted by Gasteiger charge is -2.09. The van der Waals surface area contributed by atoms with Gasteiger partial charge in [-0.2, -0.15) is 5.10 Å². The van der Waals surface area contributed by atoms with E-state index in [2.05, 4.69) is 31.3 Å². The van der Waals surface area contributed by atoms with Crippen molar-refractivity contribution in [3.63, 3.8) is 0 Å². The third-order valence-corrected chi connectivity index (χ3v) is 3.06. The van der Waals surface area contributed by atoms with Crippen LogP contribution in [-0.4, -0.2) is 26.2 Å². The van der Waals surface area contributed by atoms with Crippen LogP contribution in [0.2, 0.25) is 0 Å². The zero-order chi connectivity index (χ0) is 15.4. The predicted octanol–water partition coefficient (Wildman–Crippen LogP) is 2.03. The van der Waals surface area contributed by atoms with Gasteiger partial charge in [-0.1, -0.05) is 5.16 Å². The van der Waals surface area contributed by atoms with E-state index in [1.807, 2.05) is 0 Å². The number of aromatic nitrogens is 2. The third kappa shape index (κ3) is 3.23. The van der Waals surface area contributed by atoms with E-state index in [9.17, 15) is 10.1 Å². The van der Waals surface area contributed by atoms with Crippen molar-refractivity contribution in [1.29, 1.82) is 0 Å². The van der Waals surface area contributed by atoms with Crippen molar-refractivity contribution in [2.75, 3.05) is 0 Å². The average molecular weight is 354 g/mol. The first kappa shape index (κ1) is 14.7. The molecule has 21 heavy (non-hydrogen) atoms. The summed E-state index contributed by atoms with van der Waals surface area (Å²) < 4.78 is 5.93. The Morgan fingerprint density at radius 1 is 1.48 bits per heavy atom. The molecule has 0 radical (unpaired) electrons. The van der Waals surface area contributed by atoms with Crippen LogP contribution >= 0.6 is 15.9 Å². The summed E-state index contributed by atoms with van der Waals surface area (Å²) in [6.45, 7) is 0. The molecule has 10 heteroatoms. The van der Waals surface area contributed by atoms with Gasteiger partial charge in [0.15, 0.2) is 11.6 Å². The minimum Gasteiger partial charge on any atom is -0.435 e. The second-order valence-corrected chi connectivity index (χ2v) is 4.56. The van der Waals surface area contributed by atoms with Gasteiger partial charge in [0, 0.05) is 6.07 Å². The van der Waals surface area contributed by atoms with Crippen LogP contribution in [0.4, 0.5) is 5.69 Å². The van der Waals surface area contributed by atoms with E-state index < -0.39 is 4.92 Å². The molecule has 1 aromatic carbocycles. The van der Waals surface area contributed by atoms with Crippen molar-refractivity contribution in [3.8, 4) is 11.6 Å². The standard InChI is InChI=1S/C11H8BrN5O4/c12-8-2-1-6(17(19)20)5-9(8)21-11-7(10(13)16-18)3-4-14-15-11/h1-5,18H,(H2,13,16). The van der Waals surface area contributed by atoms with Crippen molar-refractivity contribution in [2.24, 2.45) is 10.9 Å². The van der Waals surface area contributed by atoms with E-state index in [1.165, 1.54) is 30.5 Å². The van der Waals surface area contributed by atoms with Crippen LogP contribution in [-0.2, 0) is 0 Å². The second-order valence-electron chi connectivity index (χ2n) is 3.71. The van der Waals surface area contributed by atoms with Crippen LogP contribution < -0.4 is 10.5 Å². The Bertz CT molecular complexity index is 722. The van der Waals surface area contributed by atoms with Crippen LogP contribution in [0, 0.1) is 10.1 Å². The summed E-state index contributed by atoms with van der Waals surface area (Å²) >= 11 is 3.21. The Kier molecular flexibility index (Phi) is 4.28. The lowest BCUT2D eigenvalue weighted by molar-refractivity contribution is -0.384. The molecule has 2 rings (SSSR count). The Hall–Kier alpha value is -2.75. The zero-order valence-electron chi connectivity index (χ0n) is 10.3. The Morgan fingerprint density at radius 3 is 2.90 bits per heavy atom. The second kappa shape index (κ2) is 6.13. The van der Waals surface area contributed by atoms with Crippen LogP contribution in [0.25, 0.3) is 0 Å². The van der Waals surface area contributed by atoms with Gasteiger partial charge in [-0.15, -0.1) is 5.10 Å². The third-order valence-electron chi connectivity index (χ3n) is 2.40. The van der Waals surface area contributed by atoms with Crippen molar-refractivity contribution in [2.45, 2.75) is 0 Å². The number of ether oxygens (including phenoxy) is 1. The average Bonchev–Trinajstić information content (AvgIpc) is 2.49. The first-order chi connectivity index (χ1) is 10.0. The number of hydrogen-bond donors (Lipinski definition) is 2. The number of rotatable bonds is 4. The number of oxime groups is 1. The predicted molar refractivity (Wildman–Crippen MR) is 75.4 cm³/mol. The van der Waals surface area contributed by atoms with Crippen molar-refractivity contribution in [3.05, 3.63) is 50.6 Å². The van der Waals surface area contributed by atoms with Gasteiger partial charge >= 0.3 is 0 Å². The highest BCUT2D eigenvalue weighted by atomic mass is 79.9. The van der Waals surface area contributed by atoms with E-state index in [0.717, 1.165) is 0 Å². The van der Waals surface area contributed by atoms with Crippen molar-refractivity contribution >= 4 is 27.5 Å². The fraction of sp³-hybridized carbons (Fsp3) is 0. The molecule has 0 atom stereocenters. The number of nitro groups is 1. The summed E-state index contributed by atoms with van der Waals surface area (Å²) in [6, 6.07) is 5.43. The number of non-ortho nitro benzene ring substituents is 1. The Morgan fingerprint density at radius 2 is 2.24 bits per heavy atom. The molecular weight excluding hydrogens is 346 g/mol. The van der Waals surface area contributed by atoms with Gasteiger partial charge in [0.2, 0.25) is 5.88 Å². The molecular formula is C11H8BrN5O4. The molecule has 0 aliphatic heterocycles. The number of benzene rings is 1. The summed E-state index contributed by atoms with van der Waals surface area (Å²) in [4.78, 5) is 10.2. The van der Waals surface area contributed by atoms with Crippen molar-refractivity contribution < 1.29 is 14.9 Å². The fourth-order valence-electron chi connectivity index (χ4n) is 1.43. The monoisotopic (exact) mass is 353 g/mol. The highest BCUT2D eigenvalue weighted by Gasteiger charge is 2.15. The van der Waals surface area contributed by atoms with Gasteiger partial charge in [0.25, 0.3) is 5.69 Å². The first-order valence-electron chi connectivity index (χ1n) is 5.44. The largest absolute Gasteiger partial charge is 0.435 e. The summed E-state index contributed by atoms with van der Waals surface area (Å²) in [5.74, 6) is -0.118. The van der Waals surface area contributed by atoms with E-state index in [1.54, 1.807) is 0 Å². The van der Waals surface area contributed by atoms with E-state index in [4.69, 9.17) is 15.7 Å². The molecule has 1 heterocycles. The summed E-state index contributed by atoms with van der Waals surface area (Å²) in [5.41, 5.74) is 5.55. The number of nitrogens with two attached hydrogens (primary N) is 1. The molecule has 2 aromatic rings. The molecule has 0 aliphatic carbocycles. The molecule has 0 fully saturated rings. The summed E-state index contributed by atoms with van der Waals surface area (Å²) in [6.07, 6.45) is 1.34. The van der Waals surface area contributed by atoms with Gasteiger partial charge in [-0.05, 0) is 28.1 Å². The maximum atomic E-state index is 10.8. The topological polar surface area (TPSA) is 137 Å². The highest BCUT2D eigenvalue weighted by molar-refractivity contribution is 9.10. The van der Waals surface area contributed by atoms with Crippen LogP contribution in [0.1, 0.15) is 5.56 Å². The molecule has 0 amide bonds. The molecule has 3 N–H and O–H groups in total. The molecule has 0 saturated heterocycles. The maximum absolute atomic E-state index is 10.8. The van der Waals surface area contributed by atoms with Gasteiger partial charge in [-0.25, -0.2) is 0 Å². The number of hydrogen-bond acceptors (Lipinski definition) is 7. The quantitative estimate of drug-likeness (QED) is 0.282. The number of amidine groups is 1. The SMILES string of the molecule is N/C(=N/O)c1ccnnc1Oc1cc([N+](=O)[O-])ccc1Br. The Labute approximate surface area is 126 Å². The number of nitro benzene ring substituents is 1. The molecule has 0 aliphatic rings. The lowest BCUT2D eigenvalue weighted by Crippen LogP contribution is -2.15. The van der Waals surface area contributed by atoms with Gasteiger partial charge in [0.05, 0.1) is 27.2 Å². The molecule has 0 unspecified atom stereocenters. The molecule has 0 bridgehead atoms. The van der Waals surface area contributed by atoms with E-state index >= 15 is 0 Å². The zero-order valence-corrected chi connectivity index (χ0v) is 11.9. The molecule has 108 valence electrons. The normalized spacial score (nSPS) is 11.2. The van der Waals surface area contributed by atoms with E-state index in [0.29, 0.717) is 4.47 Å². The molecule has 1 aromatic heterocycles. The molecule has 9 nitrogen and oxygen atoms in total. The van der Waals surface area contributed by atoms with E-state index in [-0.39, 0.29) is 28.7 Å². The Balaban J connectivity index is 2.43. The fourth-order valence-corrected chi connectivity index (χ4v) is 1.76.